The molecule has 0 radical (unpaired) electrons. The Morgan fingerprint density at radius 1 is 1.00 bits per heavy atom. The molecule has 0 bridgehead atoms. The van der Waals surface area contributed by atoms with Crippen LogP contribution in [-0.4, -0.2) is 35.7 Å². The van der Waals surface area contributed by atoms with Crippen LogP contribution < -0.4 is 5.32 Å². The highest BCUT2D eigenvalue weighted by molar-refractivity contribution is 5.96. The summed E-state index contributed by atoms with van der Waals surface area (Å²) in [6.45, 7) is 5.51. The van der Waals surface area contributed by atoms with E-state index >= 15 is 0 Å². The average Bonchev–Trinajstić information content (AvgIpc) is 2.47. The zero-order chi connectivity index (χ0) is 15.9. The molecule has 4 nitrogen and oxygen atoms in total. The van der Waals surface area contributed by atoms with Crippen LogP contribution in [0.15, 0.2) is 24.3 Å². The van der Waals surface area contributed by atoms with Gasteiger partial charge in [0.05, 0.1) is 6.04 Å². The van der Waals surface area contributed by atoms with Gasteiger partial charge in [0.1, 0.15) is 0 Å². The van der Waals surface area contributed by atoms with Gasteiger partial charge in [-0.2, -0.15) is 0 Å². The van der Waals surface area contributed by atoms with Crippen LogP contribution in [0.1, 0.15) is 56.3 Å². The number of amides is 1. The van der Waals surface area contributed by atoms with Crippen LogP contribution >= 0.6 is 0 Å². The number of carbonyl (C=O) groups excluding carboxylic acids is 2. The summed E-state index contributed by atoms with van der Waals surface area (Å²) in [5, 5.41) is 2.95. The first kappa shape index (κ1) is 16.7. The minimum Gasteiger partial charge on any atom is -0.325 e. The third-order valence-corrected chi connectivity index (χ3v) is 4.38. The molecular formula is C18H26N2O2. The van der Waals surface area contributed by atoms with Gasteiger partial charge in [-0.05, 0) is 64.0 Å². The first-order valence-corrected chi connectivity index (χ1v) is 8.24. The zero-order valence-electron chi connectivity index (χ0n) is 13.6. The van der Waals surface area contributed by atoms with Crippen LogP contribution in [0, 0.1) is 0 Å². The molecule has 0 aliphatic carbocycles. The standard InChI is InChI=1S/C18H26N2O2/c1-14(20-12-6-4-3-5-7-13-20)18(22)19-17-10-8-16(9-11-17)15(2)21/h8-11,14H,3-7,12-13H2,1-2H3,(H,19,22). The molecule has 1 aromatic rings. The van der Waals surface area contributed by atoms with Gasteiger partial charge in [-0.3, -0.25) is 14.5 Å². The number of likely N-dealkylation sites (tertiary alicyclic amines) is 1. The van der Waals surface area contributed by atoms with Gasteiger partial charge in [0.25, 0.3) is 0 Å². The second-order valence-corrected chi connectivity index (χ2v) is 6.10. The van der Waals surface area contributed by atoms with Crippen molar-refractivity contribution in [3.63, 3.8) is 0 Å². The maximum atomic E-state index is 12.4. The molecule has 1 aliphatic rings. The first-order chi connectivity index (χ1) is 10.6. The van der Waals surface area contributed by atoms with E-state index in [9.17, 15) is 9.59 Å². The van der Waals surface area contributed by atoms with E-state index in [-0.39, 0.29) is 17.7 Å². The van der Waals surface area contributed by atoms with Gasteiger partial charge in [-0.15, -0.1) is 0 Å². The quantitative estimate of drug-likeness (QED) is 0.866. The van der Waals surface area contributed by atoms with Crippen molar-refractivity contribution in [2.45, 2.75) is 52.0 Å². The number of rotatable bonds is 4. The predicted molar refractivity (Wildman–Crippen MR) is 89.2 cm³/mol. The molecule has 1 amide bonds. The van der Waals surface area contributed by atoms with Crippen molar-refractivity contribution >= 4 is 17.4 Å². The van der Waals surface area contributed by atoms with Crippen LogP contribution in [0.3, 0.4) is 0 Å². The van der Waals surface area contributed by atoms with Crippen molar-refractivity contribution in [2.24, 2.45) is 0 Å². The highest BCUT2D eigenvalue weighted by atomic mass is 16.2. The summed E-state index contributed by atoms with van der Waals surface area (Å²) in [6, 6.07) is 6.95. The molecule has 1 unspecified atom stereocenters. The molecule has 22 heavy (non-hydrogen) atoms. The van der Waals surface area contributed by atoms with Crippen molar-refractivity contribution in [1.29, 1.82) is 0 Å². The van der Waals surface area contributed by atoms with E-state index in [0.717, 1.165) is 18.8 Å². The molecule has 4 heteroatoms. The van der Waals surface area contributed by atoms with Crippen molar-refractivity contribution in [1.82, 2.24) is 4.90 Å². The lowest BCUT2D eigenvalue weighted by atomic mass is 10.1. The number of nitrogens with one attached hydrogen (secondary N) is 1. The Morgan fingerprint density at radius 2 is 1.55 bits per heavy atom. The minimum atomic E-state index is -0.120. The molecule has 1 fully saturated rings. The molecule has 1 atom stereocenters. The lowest BCUT2D eigenvalue weighted by Crippen LogP contribution is -2.43. The number of benzene rings is 1. The van der Waals surface area contributed by atoms with Crippen LogP contribution in [0.2, 0.25) is 0 Å². The second kappa shape index (κ2) is 8.08. The SMILES string of the molecule is CC(=O)c1ccc(NC(=O)C(C)N2CCCCCCC2)cc1. The second-order valence-electron chi connectivity index (χ2n) is 6.10. The Kier molecular flexibility index (Phi) is 6.13. The van der Waals surface area contributed by atoms with Gasteiger partial charge in [-0.1, -0.05) is 19.3 Å². The van der Waals surface area contributed by atoms with E-state index in [1.165, 1.54) is 39.0 Å². The lowest BCUT2D eigenvalue weighted by Gasteiger charge is -2.29. The van der Waals surface area contributed by atoms with Crippen molar-refractivity contribution in [3.05, 3.63) is 29.8 Å². The van der Waals surface area contributed by atoms with Gasteiger partial charge in [-0.25, -0.2) is 0 Å². The van der Waals surface area contributed by atoms with Gasteiger partial charge >= 0.3 is 0 Å². The molecule has 120 valence electrons. The Balaban J connectivity index is 1.93. The predicted octanol–water partition coefficient (Wildman–Crippen LogP) is 3.48. The van der Waals surface area contributed by atoms with E-state index in [4.69, 9.17) is 0 Å². The molecule has 1 aliphatic heterocycles. The summed E-state index contributed by atoms with van der Waals surface area (Å²) in [4.78, 5) is 25.9. The average molecular weight is 302 g/mol. The van der Waals surface area contributed by atoms with E-state index < -0.39 is 0 Å². The Morgan fingerprint density at radius 3 is 2.09 bits per heavy atom. The summed E-state index contributed by atoms with van der Waals surface area (Å²) in [7, 11) is 0. The molecule has 2 rings (SSSR count). The third kappa shape index (κ3) is 4.67. The Labute approximate surface area is 132 Å². The highest BCUT2D eigenvalue weighted by Gasteiger charge is 2.21. The van der Waals surface area contributed by atoms with Crippen LogP contribution in [-0.2, 0) is 4.79 Å². The Bertz CT molecular complexity index is 502. The Hall–Kier alpha value is -1.68. The number of ketones is 1. The molecule has 0 saturated carbocycles. The number of hydrogen-bond acceptors (Lipinski definition) is 3. The largest absolute Gasteiger partial charge is 0.325 e. The van der Waals surface area contributed by atoms with Crippen molar-refractivity contribution in [3.8, 4) is 0 Å². The molecule has 1 aromatic carbocycles. The number of nitrogens with zero attached hydrogens (tertiary/aromatic N) is 1. The minimum absolute atomic E-state index is 0.0242. The number of anilines is 1. The monoisotopic (exact) mass is 302 g/mol. The topological polar surface area (TPSA) is 49.4 Å². The number of Topliss-reactive ketones (excluding diaryl/α,β-unsaturated/α-hetero) is 1. The van der Waals surface area contributed by atoms with E-state index in [0.29, 0.717) is 5.56 Å². The third-order valence-electron chi connectivity index (χ3n) is 4.38. The van der Waals surface area contributed by atoms with Crippen LogP contribution in [0.4, 0.5) is 5.69 Å². The lowest BCUT2D eigenvalue weighted by molar-refractivity contribution is -0.120. The maximum absolute atomic E-state index is 12.4. The molecule has 1 N–H and O–H groups in total. The van der Waals surface area contributed by atoms with Gasteiger partial charge in [0.2, 0.25) is 5.91 Å². The first-order valence-electron chi connectivity index (χ1n) is 8.24. The summed E-state index contributed by atoms with van der Waals surface area (Å²) in [5.41, 5.74) is 1.41. The smallest absolute Gasteiger partial charge is 0.241 e. The van der Waals surface area contributed by atoms with Gasteiger partial charge in [0, 0.05) is 11.3 Å². The zero-order valence-corrected chi connectivity index (χ0v) is 13.6. The molecular weight excluding hydrogens is 276 g/mol. The fourth-order valence-corrected chi connectivity index (χ4v) is 2.86. The van der Waals surface area contributed by atoms with Crippen LogP contribution in [0.25, 0.3) is 0 Å². The molecule has 0 spiro atoms. The summed E-state index contributed by atoms with van der Waals surface area (Å²) in [6.07, 6.45) is 6.18. The summed E-state index contributed by atoms with van der Waals surface area (Å²) < 4.78 is 0. The van der Waals surface area contributed by atoms with E-state index in [1.54, 1.807) is 24.3 Å². The normalized spacial score (nSPS) is 18.1. The fourth-order valence-electron chi connectivity index (χ4n) is 2.86. The van der Waals surface area contributed by atoms with Gasteiger partial charge in [0.15, 0.2) is 5.78 Å². The fraction of sp³-hybridized carbons (Fsp3) is 0.556. The number of hydrogen-bond donors (Lipinski definition) is 1. The van der Waals surface area contributed by atoms with Crippen LogP contribution in [0.5, 0.6) is 0 Å². The van der Waals surface area contributed by atoms with E-state index in [2.05, 4.69) is 10.2 Å². The summed E-state index contributed by atoms with van der Waals surface area (Å²) >= 11 is 0. The van der Waals surface area contributed by atoms with Crippen molar-refractivity contribution in [2.75, 3.05) is 18.4 Å². The van der Waals surface area contributed by atoms with Gasteiger partial charge < -0.3 is 5.32 Å². The maximum Gasteiger partial charge on any atom is 0.241 e. The highest BCUT2D eigenvalue weighted by Crippen LogP contribution is 2.15. The summed E-state index contributed by atoms with van der Waals surface area (Å²) in [5.74, 6) is 0.0584. The van der Waals surface area contributed by atoms with Crippen molar-refractivity contribution < 1.29 is 9.59 Å². The van der Waals surface area contributed by atoms with E-state index in [1.807, 2.05) is 6.92 Å². The molecule has 0 aromatic heterocycles. The number of carbonyl (C=O) groups is 2. The molecule has 1 saturated heterocycles. The molecule has 1 heterocycles.